The van der Waals surface area contributed by atoms with Crippen molar-refractivity contribution in [3.8, 4) is 16.9 Å². The van der Waals surface area contributed by atoms with Crippen LogP contribution in [0.3, 0.4) is 0 Å². The summed E-state index contributed by atoms with van der Waals surface area (Å²) in [5.74, 6) is -0.167. The van der Waals surface area contributed by atoms with Gasteiger partial charge in [0, 0.05) is 6.20 Å². The molecule has 4 heteroatoms. The molecule has 17 heavy (non-hydrogen) atoms. The van der Waals surface area contributed by atoms with E-state index in [1.807, 2.05) is 30.3 Å². The average molecular weight is 227 g/mol. The number of rotatable bonds is 3. The van der Waals surface area contributed by atoms with E-state index in [4.69, 9.17) is 10.5 Å². The summed E-state index contributed by atoms with van der Waals surface area (Å²) >= 11 is 0. The molecular formula is C13H11N2O2. The van der Waals surface area contributed by atoms with E-state index in [0.717, 1.165) is 5.56 Å². The van der Waals surface area contributed by atoms with Crippen molar-refractivity contribution in [1.29, 1.82) is 0 Å². The Labute approximate surface area is 99.1 Å². The molecule has 0 saturated heterocycles. The number of hydrogen-bond donors (Lipinski definition) is 1. The van der Waals surface area contributed by atoms with E-state index >= 15 is 0 Å². The summed E-state index contributed by atoms with van der Waals surface area (Å²) in [6, 6.07) is 9.46. The van der Waals surface area contributed by atoms with E-state index in [2.05, 4.69) is 11.2 Å². The minimum Gasteiger partial charge on any atom is -0.495 e. The molecule has 1 aromatic heterocycles. The molecule has 1 aromatic carbocycles. The van der Waals surface area contributed by atoms with Crippen LogP contribution in [0.5, 0.6) is 5.75 Å². The van der Waals surface area contributed by atoms with Gasteiger partial charge in [0.25, 0.3) is 5.91 Å². The molecule has 0 aliphatic rings. The Hall–Kier alpha value is -2.36. The van der Waals surface area contributed by atoms with Crippen LogP contribution in [0.15, 0.2) is 36.5 Å². The van der Waals surface area contributed by atoms with Crippen molar-refractivity contribution in [3.63, 3.8) is 0 Å². The van der Waals surface area contributed by atoms with Crippen LogP contribution in [0.1, 0.15) is 10.4 Å². The number of primary amides is 1. The summed E-state index contributed by atoms with van der Waals surface area (Å²) in [4.78, 5) is 15.1. The number of carbonyl (C=O) groups excluding carboxylic acids is 1. The highest BCUT2D eigenvalue weighted by molar-refractivity contribution is 5.97. The molecule has 0 unspecified atom stereocenters. The van der Waals surface area contributed by atoms with Crippen LogP contribution in [0, 0.1) is 6.20 Å². The number of methoxy groups -OCH3 is 1. The molecule has 1 amide bonds. The van der Waals surface area contributed by atoms with Gasteiger partial charge >= 0.3 is 0 Å². The number of benzene rings is 1. The number of hydrogen-bond acceptors (Lipinski definition) is 3. The number of nitrogens with two attached hydrogens (primary N) is 1. The van der Waals surface area contributed by atoms with Gasteiger partial charge in [0.15, 0.2) is 0 Å². The fourth-order valence-corrected chi connectivity index (χ4v) is 1.59. The van der Waals surface area contributed by atoms with Crippen molar-refractivity contribution in [3.05, 3.63) is 48.3 Å². The van der Waals surface area contributed by atoms with E-state index in [9.17, 15) is 4.79 Å². The molecule has 2 N–H and O–H groups in total. The molecule has 2 rings (SSSR count). The lowest BCUT2D eigenvalue weighted by atomic mass is 10.0. The van der Waals surface area contributed by atoms with Crippen LogP contribution < -0.4 is 10.5 Å². The second-order valence-electron chi connectivity index (χ2n) is 3.42. The molecule has 0 saturated carbocycles. The first-order chi connectivity index (χ1) is 8.24. The molecule has 0 aliphatic heterocycles. The van der Waals surface area contributed by atoms with Crippen molar-refractivity contribution in [2.24, 2.45) is 5.73 Å². The Morgan fingerprint density at radius 3 is 2.65 bits per heavy atom. The Morgan fingerprint density at radius 1 is 1.35 bits per heavy atom. The maximum absolute atomic E-state index is 11.3. The van der Waals surface area contributed by atoms with E-state index in [1.54, 1.807) is 0 Å². The minimum atomic E-state index is -0.569. The highest BCUT2D eigenvalue weighted by atomic mass is 16.5. The average Bonchev–Trinajstić information content (AvgIpc) is 2.38. The Balaban J connectivity index is 2.63. The number of nitrogens with zero attached hydrogens (tertiary/aromatic N) is 1. The summed E-state index contributed by atoms with van der Waals surface area (Å²) in [6.45, 7) is 0. The number of carbonyl (C=O) groups is 1. The van der Waals surface area contributed by atoms with Gasteiger partial charge in [0.05, 0.1) is 12.7 Å². The maximum atomic E-state index is 11.3. The zero-order valence-corrected chi connectivity index (χ0v) is 9.31. The molecule has 0 aliphatic carbocycles. The number of aromatic nitrogens is 1. The first-order valence-corrected chi connectivity index (χ1v) is 5.04. The second-order valence-corrected chi connectivity index (χ2v) is 3.42. The molecule has 0 fully saturated rings. The highest BCUT2D eigenvalue weighted by Gasteiger charge is 2.15. The van der Waals surface area contributed by atoms with Gasteiger partial charge in [0.1, 0.15) is 17.5 Å². The van der Waals surface area contributed by atoms with Crippen LogP contribution in [0.2, 0.25) is 0 Å². The maximum Gasteiger partial charge on any atom is 0.254 e. The van der Waals surface area contributed by atoms with E-state index in [-0.39, 0.29) is 5.56 Å². The lowest BCUT2D eigenvalue weighted by Gasteiger charge is -2.10. The van der Waals surface area contributed by atoms with Crippen LogP contribution in [-0.2, 0) is 0 Å². The molecule has 85 valence electrons. The van der Waals surface area contributed by atoms with Crippen LogP contribution >= 0.6 is 0 Å². The van der Waals surface area contributed by atoms with Crippen molar-refractivity contribution in [1.82, 2.24) is 4.98 Å². The SMILES string of the molecule is COc1c(-c2ccccc2)[c]ncc1C(N)=O. The van der Waals surface area contributed by atoms with Crippen LogP contribution in [0.4, 0.5) is 0 Å². The van der Waals surface area contributed by atoms with Gasteiger partial charge in [-0.05, 0) is 5.56 Å². The summed E-state index contributed by atoms with van der Waals surface area (Å²) in [5.41, 5.74) is 7.02. The third-order valence-electron chi connectivity index (χ3n) is 2.37. The van der Waals surface area contributed by atoms with Gasteiger partial charge in [-0.1, -0.05) is 30.3 Å². The third-order valence-corrected chi connectivity index (χ3v) is 2.37. The van der Waals surface area contributed by atoms with E-state index in [0.29, 0.717) is 11.3 Å². The lowest BCUT2D eigenvalue weighted by molar-refractivity contribution is 0.0997. The highest BCUT2D eigenvalue weighted by Crippen LogP contribution is 2.31. The summed E-state index contributed by atoms with van der Waals surface area (Å²) in [5, 5.41) is 0. The van der Waals surface area contributed by atoms with Crippen molar-refractivity contribution in [2.75, 3.05) is 7.11 Å². The van der Waals surface area contributed by atoms with Gasteiger partial charge in [-0.3, -0.25) is 9.78 Å². The van der Waals surface area contributed by atoms with Crippen molar-refractivity contribution >= 4 is 5.91 Å². The first kappa shape index (κ1) is 11.1. The zero-order valence-electron chi connectivity index (χ0n) is 9.31. The fourth-order valence-electron chi connectivity index (χ4n) is 1.59. The van der Waals surface area contributed by atoms with Gasteiger partial charge in [-0.2, -0.15) is 0 Å². The van der Waals surface area contributed by atoms with Gasteiger partial charge in [-0.15, -0.1) is 0 Å². The van der Waals surface area contributed by atoms with Gasteiger partial charge in [0.2, 0.25) is 0 Å². The number of pyridine rings is 1. The zero-order chi connectivity index (χ0) is 12.3. The third kappa shape index (κ3) is 2.10. The molecule has 1 radical (unpaired) electrons. The predicted octanol–water partition coefficient (Wildman–Crippen LogP) is 1.66. The minimum absolute atomic E-state index is 0.255. The summed E-state index contributed by atoms with van der Waals surface area (Å²) in [7, 11) is 1.49. The summed E-state index contributed by atoms with van der Waals surface area (Å²) in [6.07, 6.45) is 4.17. The van der Waals surface area contributed by atoms with Gasteiger partial charge in [-0.25, -0.2) is 0 Å². The molecule has 0 atom stereocenters. The topological polar surface area (TPSA) is 65.2 Å². The molecule has 4 nitrogen and oxygen atoms in total. The summed E-state index contributed by atoms with van der Waals surface area (Å²) < 4.78 is 5.22. The van der Waals surface area contributed by atoms with E-state index < -0.39 is 5.91 Å². The largest absolute Gasteiger partial charge is 0.495 e. The molecule has 0 bridgehead atoms. The second kappa shape index (κ2) is 4.65. The smallest absolute Gasteiger partial charge is 0.254 e. The van der Waals surface area contributed by atoms with Gasteiger partial charge < -0.3 is 10.5 Å². The molecular weight excluding hydrogens is 216 g/mol. The quantitative estimate of drug-likeness (QED) is 0.867. The number of ether oxygens (including phenoxy) is 1. The van der Waals surface area contributed by atoms with Crippen LogP contribution in [-0.4, -0.2) is 18.0 Å². The van der Waals surface area contributed by atoms with Crippen molar-refractivity contribution in [2.45, 2.75) is 0 Å². The molecule has 0 spiro atoms. The van der Waals surface area contributed by atoms with E-state index in [1.165, 1.54) is 13.3 Å². The predicted molar refractivity (Wildman–Crippen MR) is 63.6 cm³/mol. The monoisotopic (exact) mass is 227 g/mol. The lowest BCUT2D eigenvalue weighted by Crippen LogP contribution is -2.13. The molecule has 1 heterocycles. The fraction of sp³-hybridized carbons (Fsp3) is 0.0769. The van der Waals surface area contributed by atoms with Crippen molar-refractivity contribution < 1.29 is 9.53 Å². The Bertz CT molecular complexity index is 538. The number of amides is 1. The Kier molecular flexibility index (Phi) is 3.05. The standard InChI is InChI=1S/C13H11N2O2/c1-17-12-10(9-5-3-2-4-6-9)7-15-8-11(12)13(14)16/h2-6,8H,1H3,(H2,14,16). The molecule has 2 aromatic rings. The normalized spacial score (nSPS) is 9.94. The Morgan fingerprint density at radius 2 is 2.06 bits per heavy atom. The van der Waals surface area contributed by atoms with Crippen LogP contribution in [0.25, 0.3) is 11.1 Å². The first-order valence-electron chi connectivity index (χ1n) is 5.04.